The average molecular weight is 372 g/mol. The van der Waals surface area contributed by atoms with Crippen molar-refractivity contribution in [2.75, 3.05) is 12.3 Å². The Balaban J connectivity index is 2.40. The number of rotatable bonds is 5. The van der Waals surface area contributed by atoms with Gasteiger partial charge in [-0.05, 0) is 38.5 Å². The zero-order valence-corrected chi connectivity index (χ0v) is 15.7. The molecule has 140 valence electrons. The van der Waals surface area contributed by atoms with Gasteiger partial charge in [0.25, 0.3) is 0 Å². The summed E-state index contributed by atoms with van der Waals surface area (Å²) in [6.45, 7) is 6.55. The number of benzene rings is 1. The molecule has 1 aliphatic rings. The van der Waals surface area contributed by atoms with Gasteiger partial charge >= 0.3 is 6.09 Å². The molecule has 0 heterocycles. The third-order valence-corrected chi connectivity index (χ3v) is 6.60. The van der Waals surface area contributed by atoms with Crippen molar-refractivity contribution < 1.29 is 22.3 Å². The predicted octanol–water partition coefficient (Wildman–Crippen LogP) is 1.95. The molecule has 8 heteroatoms. The second-order valence-electron chi connectivity index (χ2n) is 7.28. The molecular formula is C17H25FN2O4S. The van der Waals surface area contributed by atoms with Crippen molar-refractivity contribution in [3.8, 4) is 0 Å². The van der Waals surface area contributed by atoms with Crippen LogP contribution >= 0.6 is 0 Å². The first-order valence-corrected chi connectivity index (χ1v) is 9.86. The van der Waals surface area contributed by atoms with Crippen molar-refractivity contribution in [1.82, 2.24) is 5.32 Å². The van der Waals surface area contributed by atoms with Gasteiger partial charge in [-0.3, -0.25) is 0 Å². The molecule has 1 saturated carbocycles. The maximum Gasteiger partial charge on any atom is 0.408 e. The van der Waals surface area contributed by atoms with Crippen LogP contribution in [0.25, 0.3) is 0 Å². The summed E-state index contributed by atoms with van der Waals surface area (Å²) in [6, 6.07) is 5.70. The van der Waals surface area contributed by atoms with Crippen LogP contribution in [-0.4, -0.2) is 43.2 Å². The standard InChI is InChI=1S/C17H25FN2O4S/c1-5-25(22,23)14-13(11-7-6-8-12(18)9-11)17(14,10-19)20-15(21)24-16(2,3)4/h6-9,13-14H,5,10,19H2,1-4H3,(H,20,21)/t13-,14+,17+/m0/s1. The first-order chi connectivity index (χ1) is 11.5. The minimum Gasteiger partial charge on any atom is -0.444 e. The molecule has 0 radical (unpaired) electrons. The molecule has 1 fully saturated rings. The van der Waals surface area contributed by atoms with Crippen LogP contribution in [0, 0.1) is 5.82 Å². The van der Waals surface area contributed by atoms with Crippen molar-refractivity contribution in [3.63, 3.8) is 0 Å². The number of hydrogen-bond acceptors (Lipinski definition) is 5. The molecular weight excluding hydrogens is 347 g/mol. The van der Waals surface area contributed by atoms with E-state index in [-0.39, 0.29) is 12.3 Å². The summed E-state index contributed by atoms with van der Waals surface area (Å²) >= 11 is 0. The molecule has 25 heavy (non-hydrogen) atoms. The summed E-state index contributed by atoms with van der Waals surface area (Å²) in [5.41, 5.74) is 4.41. The number of nitrogens with two attached hydrogens (primary N) is 1. The Kier molecular flexibility index (Phi) is 5.16. The SMILES string of the molecule is CCS(=O)(=O)[C@@H]1[C@H](c2cccc(F)c2)[C@@]1(CN)NC(=O)OC(C)(C)C. The van der Waals surface area contributed by atoms with Gasteiger partial charge in [0.2, 0.25) is 0 Å². The van der Waals surface area contributed by atoms with Gasteiger partial charge in [0.05, 0.1) is 10.8 Å². The Bertz CT molecular complexity index is 760. The van der Waals surface area contributed by atoms with Crippen molar-refractivity contribution >= 4 is 15.9 Å². The Morgan fingerprint density at radius 3 is 2.52 bits per heavy atom. The van der Waals surface area contributed by atoms with Crippen LogP contribution in [0.1, 0.15) is 39.2 Å². The van der Waals surface area contributed by atoms with Gasteiger partial charge in [0, 0.05) is 18.2 Å². The molecule has 3 N–H and O–H groups in total. The number of sulfone groups is 1. The normalized spacial score (nSPS) is 26.2. The number of carbonyl (C=O) groups is 1. The Hall–Kier alpha value is -1.67. The monoisotopic (exact) mass is 372 g/mol. The Morgan fingerprint density at radius 1 is 1.40 bits per heavy atom. The van der Waals surface area contributed by atoms with Gasteiger partial charge in [0.15, 0.2) is 9.84 Å². The van der Waals surface area contributed by atoms with Crippen LogP contribution in [0.15, 0.2) is 24.3 Å². The lowest BCUT2D eigenvalue weighted by molar-refractivity contribution is 0.0497. The number of ether oxygens (including phenoxy) is 1. The predicted molar refractivity (Wildman–Crippen MR) is 93.5 cm³/mol. The van der Waals surface area contributed by atoms with E-state index in [0.29, 0.717) is 5.56 Å². The van der Waals surface area contributed by atoms with E-state index >= 15 is 0 Å². The van der Waals surface area contributed by atoms with Gasteiger partial charge in [-0.15, -0.1) is 0 Å². The van der Waals surface area contributed by atoms with E-state index in [0.717, 1.165) is 0 Å². The van der Waals surface area contributed by atoms with E-state index in [2.05, 4.69) is 5.32 Å². The summed E-state index contributed by atoms with van der Waals surface area (Å²) in [5, 5.41) is 1.73. The van der Waals surface area contributed by atoms with E-state index in [1.807, 2.05) is 0 Å². The topological polar surface area (TPSA) is 98.5 Å². The Labute approximate surface area is 147 Å². The van der Waals surface area contributed by atoms with Crippen molar-refractivity contribution in [2.45, 2.75) is 50.0 Å². The highest BCUT2D eigenvalue weighted by molar-refractivity contribution is 7.92. The van der Waals surface area contributed by atoms with Crippen LogP contribution in [0.2, 0.25) is 0 Å². The molecule has 6 nitrogen and oxygen atoms in total. The van der Waals surface area contributed by atoms with Crippen molar-refractivity contribution in [2.24, 2.45) is 5.73 Å². The van der Waals surface area contributed by atoms with Crippen molar-refractivity contribution in [1.29, 1.82) is 0 Å². The zero-order valence-electron chi connectivity index (χ0n) is 14.9. The average Bonchev–Trinajstić information content (AvgIpc) is 3.15. The van der Waals surface area contributed by atoms with E-state index in [1.54, 1.807) is 26.8 Å². The maximum absolute atomic E-state index is 13.6. The fraction of sp³-hybridized carbons (Fsp3) is 0.588. The lowest BCUT2D eigenvalue weighted by atomic mass is 10.1. The number of nitrogens with one attached hydrogen (secondary N) is 1. The van der Waals surface area contributed by atoms with E-state index in [1.165, 1.54) is 25.1 Å². The second kappa shape index (κ2) is 6.57. The van der Waals surface area contributed by atoms with Gasteiger partial charge in [0.1, 0.15) is 11.4 Å². The lowest BCUT2D eigenvalue weighted by Crippen LogP contribution is -2.49. The smallest absolute Gasteiger partial charge is 0.408 e. The molecule has 0 saturated heterocycles. The molecule has 0 unspecified atom stereocenters. The Morgan fingerprint density at radius 2 is 2.04 bits per heavy atom. The van der Waals surface area contributed by atoms with Gasteiger partial charge in [-0.1, -0.05) is 19.1 Å². The first-order valence-electron chi connectivity index (χ1n) is 8.15. The third kappa shape index (κ3) is 3.95. The highest BCUT2D eigenvalue weighted by atomic mass is 32.2. The van der Waals surface area contributed by atoms with Crippen LogP contribution in [-0.2, 0) is 14.6 Å². The number of halogens is 1. The second-order valence-corrected chi connectivity index (χ2v) is 9.69. The molecule has 0 bridgehead atoms. The minimum atomic E-state index is -3.52. The molecule has 0 spiro atoms. The number of carbonyl (C=O) groups excluding carboxylic acids is 1. The minimum absolute atomic E-state index is 0.0960. The molecule has 1 amide bonds. The summed E-state index contributed by atoms with van der Waals surface area (Å²) < 4.78 is 43.9. The molecule has 1 aromatic carbocycles. The lowest BCUT2D eigenvalue weighted by Gasteiger charge is -2.24. The molecule has 1 aromatic rings. The number of alkyl carbamates (subject to hydrolysis) is 1. The fourth-order valence-electron chi connectivity index (χ4n) is 3.22. The van der Waals surface area contributed by atoms with Crippen LogP contribution in [0.3, 0.4) is 0 Å². The highest BCUT2D eigenvalue weighted by Crippen LogP contribution is 2.55. The number of hydrogen-bond donors (Lipinski definition) is 2. The summed E-state index contributed by atoms with van der Waals surface area (Å²) in [5.74, 6) is -1.19. The molecule has 0 aliphatic heterocycles. The van der Waals surface area contributed by atoms with Crippen LogP contribution in [0.4, 0.5) is 9.18 Å². The molecule has 1 aliphatic carbocycles. The zero-order chi connectivity index (χ0) is 19.0. The molecule has 0 aromatic heterocycles. The molecule has 2 rings (SSSR count). The van der Waals surface area contributed by atoms with E-state index in [9.17, 15) is 17.6 Å². The van der Waals surface area contributed by atoms with Gasteiger partial charge in [-0.25, -0.2) is 17.6 Å². The fourth-order valence-corrected chi connectivity index (χ4v) is 5.26. The first kappa shape index (κ1) is 19.7. The van der Waals surface area contributed by atoms with Gasteiger partial charge < -0.3 is 15.8 Å². The van der Waals surface area contributed by atoms with E-state index < -0.39 is 44.1 Å². The summed E-state index contributed by atoms with van der Waals surface area (Å²) in [6.07, 6.45) is -0.742. The van der Waals surface area contributed by atoms with Crippen LogP contribution < -0.4 is 11.1 Å². The van der Waals surface area contributed by atoms with E-state index in [4.69, 9.17) is 10.5 Å². The summed E-state index contributed by atoms with van der Waals surface area (Å²) in [4.78, 5) is 12.2. The van der Waals surface area contributed by atoms with Crippen LogP contribution in [0.5, 0.6) is 0 Å². The summed E-state index contributed by atoms with van der Waals surface area (Å²) in [7, 11) is -3.52. The van der Waals surface area contributed by atoms with Gasteiger partial charge in [-0.2, -0.15) is 0 Å². The number of amides is 1. The quantitative estimate of drug-likeness (QED) is 0.823. The third-order valence-electron chi connectivity index (χ3n) is 4.32. The molecule has 3 atom stereocenters. The maximum atomic E-state index is 13.6. The highest BCUT2D eigenvalue weighted by Gasteiger charge is 2.71. The van der Waals surface area contributed by atoms with Crippen molar-refractivity contribution in [3.05, 3.63) is 35.6 Å². The largest absolute Gasteiger partial charge is 0.444 e.